The van der Waals surface area contributed by atoms with Gasteiger partial charge in [-0.05, 0) is 68.1 Å². The Balaban J connectivity index is 1.37. The minimum Gasteiger partial charge on any atom is -0.366 e. The van der Waals surface area contributed by atoms with E-state index in [4.69, 9.17) is 5.73 Å². The Labute approximate surface area is 243 Å². The van der Waals surface area contributed by atoms with Gasteiger partial charge in [-0.1, -0.05) is 55.4 Å². The summed E-state index contributed by atoms with van der Waals surface area (Å²) < 4.78 is 0. The molecule has 2 aromatic carbocycles. The van der Waals surface area contributed by atoms with Crippen LogP contribution in [0.15, 0.2) is 66.7 Å². The van der Waals surface area contributed by atoms with E-state index >= 15 is 0 Å². The van der Waals surface area contributed by atoms with Crippen molar-refractivity contribution in [3.8, 4) is 11.8 Å². The molecule has 1 aromatic heterocycles. The molecule has 3 N–H and O–H groups in total. The van der Waals surface area contributed by atoms with Crippen molar-refractivity contribution in [1.29, 1.82) is 0 Å². The first-order valence-corrected chi connectivity index (χ1v) is 15.5. The summed E-state index contributed by atoms with van der Waals surface area (Å²) >= 11 is 3.00. The number of carbonyl (C=O) groups excluding carboxylic acids is 3. The van der Waals surface area contributed by atoms with E-state index in [1.165, 1.54) is 42.4 Å². The Morgan fingerprint density at radius 1 is 1.02 bits per heavy atom. The molecule has 6 nitrogen and oxygen atoms in total. The van der Waals surface area contributed by atoms with Gasteiger partial charge in [-0.25, -0.2) is 0 Å². The average Bonchev–Trinajstić information content (AvgIpc) is 3.57. The van der Waals surface area contributed by atoms with Crippen LogP contribution in [0.3, 0.4) is 0 Å². The van der Waals surface area contributed by atoms with Crippen molar-refractivity contribution in [3.63, 3.8) is 0 Å². The van der Waals surface area contributed by atoms with E-state index in [0.29, 0.717) is 17.2 Å². The van der Waals surface area contributed by atoms with E-state index < -0.39 is 11.2 Å². The highest BCUT2D eigenvalue weighted by Crippen LogP contribution is 2.48. The summed E-state index contributed by atoms with van der Waals surface area (Å²) in [5, 5.41) is 2.28. The normalized spacial score (nSPS) is 20.0. The molecule has 2 heterocycles. The fourth-order valence-electron chi connectivity index (χ4n) is 5.39. The van der Waals surface area contributed by atoms with Crippen molar-refractivity contribution in [3.05, 3.63) is 87.6 Å². The van der Waals surface area contributed by atoms with Gasteiger partial charge in [0.15, 0.2) is 0 Å². The van der Waals surface area contributed by atoms with Gasteiger partial charge in [0.1, 0.15) is 5.37 Å². The van der Waals surface area contributed by atoms with Crippen LogP contribution in [0, 0.1) is 17.8 Å². The summed E-state index contributed by atoms with van der Waals surface area (Å²) in [4.78, 5) is 42.3. The number of nitrogens with zero attached hydrogens (tertiary/aromatic N) is 1. The standard InChI is InChI=1S/C32H33N3O3S2/c1-21(23-11-6-3-7-12-23)34-29(36)20-28-31(38)35(25-14-8-13-24(19-25)30(33)37)32(40-28)27-18-17-26(39-27)16-15-22-9-4-2-5-10-22/h2,4-5,8-10,13-14,17-19,21,23,28,32H,3,6-7,11-12,20H2,1H3,(H2,33,37)(H,34,36). The van der Waals surface area contributed by atoms with Gasteiger partial charge in [0.25, 0.3) is 0 Å². The first-order chi connectivity index (χ1) is 19.4. The predicted octanol–water partition coefficient (Wildman–Crippen LogP) is 5.87. The third-order valence-corrected chi connectivity index (χ3v) is 10.2. The summed E-state index contributed by atoms with van der Waals surface area (Å²) in [6.07, 6.45) is 6.07. The summed E-state index contributed by atoms with van der Waals surface area (Å²) in [6, 6.07) is 20.6. The van der Waals surface area contributed by atoms with Gasteiger partial charge in [-0.3, -0.25) is 19.3 Å². The van der Waals surface area contributed by atoms with Crippen molar-refractivity contribution in [2.75, 3.05) is 4.90 Å². The fraction of sp³-hybridized carbons (Fsp3) is 0.344. The topological polar surface area (TPSA) is 92.5 Å². The molecule has 3 amide bonds. The molecular weight excluding hydrogens is 539 g/mol. The highest BCUT2D eigenvalue weighted by atomic mass is 32.2. The number of nitrogens with one attached hydrogen (secondary N) is 1. The molecule has 1 aliphatic heterocycles. The zero-order chi connectivity index (χ0) is 28.1. The fourth-order valence-corrected chi connectivity index (χ4v) is 7.88. The lowest BCUT2D eigenvalue weighted by atomic mass is 9.84. The Kier molecular flexibility index (Phi) is 8.93. The van der Waals surface area contributed by atoms with Crippen LogP contribution in [0.2, 0.25) is 0 Å². The molecular formula is C32H33N3O3S2. The van der Waals surface area contributed by atoms with Crippen LogP contribution in [0.5, 0.6) is 0 Å². The van der Waals surface area contributed by atoms with Crippen molar-refractivity contribution < 1.29 is 14.4 Å². The second-order valence-electron chi connectivity index (χ2n) is 10.4. The van der Waals surface area contributed by atoms with E-state index in [0.717, 1.165) is 28.2 Å². The molecule has 2 fully saturated rings. The summed E-state index contributed by atoms with van der Waals surface area (Å²) in [5.74, 6) is 6.09. The second kappa shape index (κ2) is 12.8. The van der Waals surface area contributed by atoms with Crippen LogP contribution in [-0.2, 0) is 9.59 Å². The number of benzene rings is 2. The maximum absolute atomic E-state index is 13.8. The maximum atomic E-state index is 13.8. The number of carbonyl (C=O) groups is 3. The zero-order valence-electron chi connectivity index (χ0n) is 22.5. The lowest BCUT2D eigenvalue weighted by Gasteiger charge is -2.28. The van der Waals surface area contributed by atoms with Gasteiger partial charge in [0.05, 0.1) is 10.1 Å². The zero-order valence-corrected chi connectivity index (χ0v) is 24.1. The van der Waals surface area contributed by atoms with E-state index in [1.807, 2.05) is 42.5 Å². The molecule has 2 aliphatic rings. The Bertz CT molecular complexity index is 1440. The molecule has 0 bridgehead atoms. The third kappa shape index (κ3) is 6.60. The SMILES string of the molecule is CC(NC(=O)CC1SC(c2ccc(C#Cc3ccccc3)s2)N(c2cccc(C(N)=O)c2)C1=O)C1CCCCC1. The highest BCUT2D eigenvalue weighted by molar-refractivity contribution is 8.01. The Morgan fingerprint density at radius 2 is 1.80 bits per heavy atom. The molecule has 3 unspecified atom stereocenters. The van der Waals surface area contributed by atoms with Crippen LogP contribution in [0.25, 0.3) is 0 Å². The van der Waals surface area contributed by atoms with Crippen molar-refractivity contribution in [1.82, 2.24) is 5.32 Å². The number of rotatable bonds is 7. The van der Waals surface area contributed by atoms with Gasteiger partial charge in [-0.15, -0.1) is 23.1 Å². The van der Waals surface area contributed by atoms with Gasteiger partial charge < -0.3 is 11.1 Å². The van der Waals surface area contributed by atoms with E-state index in [9.17, 15) is 14.4 Å². The molecule has 0 radical (unpaired) electrons. The lowest BCUT2D eigenvalue weighted by molar-refractivity contribution is -0.125. The monoisotopic (exact) mass is 571 g/mol. The lowest BCUT2D eigenvalue weighted by Crippen LogP contribution is -2.41. The molecule has 1 saturated carbocycles. The third-order valence-electron chi connectivity index (χ3n) is 7.54. The van der Waals surface area contributed by atoms with E-state index in [1.54, 1.807) is 29.2 Å². The first-order valence-electron chi connectivity index (χ1n) is 13.7. The predicted molar refractivity (Wildman–Crippen MR) is 162 cm³/mol. The van der Waals surface area contributed by atoms with Crippen molar-refractivity contribution in [2.24, 2.45) is 11.7 Å². The van der Waals surface area contributed by atoms with Gasteiger partial charge in [-0.2, -0.15) is 0 Å². The summed E-state index contributed by atoms with van der Waals surface area (Å²) in [5.41, 5.74) is 7.38. The summed E-state index contributed by atoms with van der Waals surface area (Å²) in [7, 11) is 0. The smallest absolute Gasteiger partial charge is 0.248 e. The number of primary amides is 1. The second-order valence-corrected chi connectivity index (χ2v) is 12.8. The molecule has 40 heavy (non-hydrogen) atoms. The highest BCUT2D eigenvalue weighted by Gasteiger charge is 2.43. The number of thiophene rings is 1. The molecule has 206 valence electrons. The Hall–Kier alpha value is -3.54. The number of amides is 3. The van der Waals surface area contributed by atoms with Crippen LogP contribution < -0.4 is 16.0 Å². The quantitative estimate of drug-likeness (QED) is 0.347. The van der Waals surface area contributed by atoms with Crippen molar-refractivity contribution >= 4 is 46.5 Å². The minimum absolute atomic E-state index is 0.0940. The number of hydrogen-bond acceptors (Lipinski definition) is 5. The van der Waals surface area contributed by atoms with Gasteiger partial charge >= 0.3 is 0 Å². The number of hydrogen-bond donors (Lipinski definition) is 2. The largest absolute Gasteiger partial charge is 0.366 e. The molecule has 1 aliphatic carbocycles. The summed E-state index contributed by atoms with van der Waals surface area (Å²) in [6.45, 7) is 2.07. The first kappa shape index (κ1) is 28.0. The van der Waals surface area contributed by atoms with Crippen molar-refractivity contribution in [2.45, 2.75) is 62.1 Å². The number of thioether (sulfide) groups is 1. The minimum atomic E-state index is -0.556. The number of anilines is 1. The van der Waals surface area contributed by atoms with Crippen LogP contribution in [0.4, 0.5) is 5.69 Å². The molecule has 8 heteroatoms. The molecule has 0 spiro atoms. The molecule has 3 aromatic rings. The van der Waals surface area contributed by atoms with Gasteiger partial charge in [0, 0.05) is 34.2 Å². The van der Waals surface area contributed by atoms with Crippen LogP contribution in [-0.4, -0.2) is 29.0 Å². The van der Waals surface area contributed by atoms with E-state index in [2.05, 4.69) is 24.1 Å². The van der Waals surface area contributed by atoms with E-state index in [-0.39, 0.29) is 29.7 Å². The number of nitrogens with two attached hydrogens (primary N) is 1. The Morgan fingerprint density at radius 3 is 2.55 bits per heavy atom. The van der Waals surface area contributed by atoms with Crippen LogP contribution in [0.1, 0.15) is 76.5 Å². The molecule has 3 atom stereocenters. The molecule has 5 rings (SSSR count). The van der Waals surface area contributed by atoms with Gasteiger partial charge in [0.2, 0.25) is 17.7 Å². The maximum Gasteiger partial charge on any atom is 0.248 e. The average molecular weight is 572 g/mol. The van der Waals surface area contributed by atoms with Crippen LogP contribution >= 0.6 is 23.1 Å². The molecule has 1 saturated heterocycles.